The van der Waals surface area contributed by atoms with E-state index < -0.39 is 33.9 Å². The fourth-order valence-electron chi connectivity index (χ4n) is 2.82. The Morgan fingerprint density at radius 1 is 1.28 bits per heavy atom. The van der Waals surface area contributed by atoms with Crippen molar-refractivity contribution in [2.45, 2.75) is 23.1 Å². The summed E-state index contributed by atoms with van der Waals surface area (Å²) in [4.78, 5) is 25.5. The first kappa shape index (κ1) is 17.6. The van der Waals surface area contributed by atoms with E-state index in [0.717, 1.165) is 11.3 Å². The molecule has 2 atom stereocenters. The van der Waals surface area contributed by atoms with Crippen LogP contribution in [0.5, 0.6) is 0 Å². The van der Waals surface area contributed by atoms with Crippen LogP contribution in [0.2, 0.25) is 0 Å². The zero-order valence-electron chi connectivity index (χ0n) is 13.2. The normalized spacial score (nSPS) is 18.0. The van der Waals surface area contributed by atoms with Gasteiger partial charge in [-0.15, -0.1) is 11.3 Å². The molecule has 1 aliphatic rings. The van der Waals surface area contributed by atoms with E-state index >= 15 is 0 Å². The number of hydrogen-bond acceptors (Lipinski definition) is 5. The van der Waals surface area contributed by atoms with E-state index in [1.165, 1.54) is 17.9 Å². The van der Waals surface area contributed by atoms with Crippen LogP contribution in [-0.2, 0) is 19.6 Å². The van der Waals surface area contributed by atoms with Gasteiger partial charge in [-0.3, -0.25) is 9.59 Å². The number of nitrogens with zero attached hydrogens (tertiary/aromatic N) is 1. The maximum atomic E-state index is 12.7. The van der Waals surface area contributed by atoms with Crippen LogP contribution < -0.4 is 9.62 Å². The molecule has 3 rings (SSSR count). The molecule has 0 saturated carbocycles. The lowest BCUT2D eigenvalue weighted by atomic mass is 10.0. The summed E-state index contributed by atoms with van der Waals surface area (Å²) in [6.45, 7) is 1.43. The summed E-state index contributed by atoms with van der Waals surface area (Å²) in [5, 5.41) is 11.0. The quantitative estimate of drug-likeness (QED) is 0.820. The van der Waals surface area contributed by atoms with Gasteiger partial charge in [-0.25, -0.2) is 8.42 Å². The molecule has 0 fully saturated rings. The van der Waals surface area contributed by atoms with E-state index in [-0.39, 0.29) is 10.8 Å². The first-order valence-corrected chi connectivity index (χ1v) is 9.86. The summed E-state index contributed by atoms with van der Waals surface area (Å²) in [7, 11) is -3.79. The van der Waals surface area contributed by atoms with Crippen LogP contribution in [0.15, 0.2) is 46.0 Å². The van der Waals surface area contributed by atoms with E-state index in [0.29, 0.717) is 11.3 Å². The number of para-hydroxylation sites is 1. The third-order valence-electron chi connectivity index (χ3n) is 3.99. The molecule has 25 heavy (non-hydrogen) atoms. The highest BCUT2D eigenvalue weighted by Crippen LogP contribution is 2.36. The number of sulfonamides is 1. The number of carbonyl (C=O) groups is 2. The molecule has 132 valence electrons. The molecule has 7 nitrogen and oxygen atoms in total. The number of fused-ring (bicyclic) bond motifs is 1. The second kappa shape index (κ2) is 6.58. The van der Waals surface area contributed by atoms with Crippen molar-refractivity contribution in [2.75, 3.05) is 11.4 Å². The van der Waals surface area contributed by atoms with Crippen molar-refractivity contribution in [1.29, 1.82) is 0 Å². The van der Waals surface area contributed by atoms with Gasteiger partial charge in [0.2, 0.25) is 5.91 Å². The fraction of sp³-hybridized carbons (Fsp3) is 0.250. The molecule has 9 heteroatoms. The van der Waals surface area contributed by atoms with Crippen LogP contribution in [0, 0.1) is 0 Å². The zero-order chi connectivity index (χ0) is 18.2. The molecule has 1 aliphatic heterocycles. The average molecular weight is 380 g/mol. The number of carboxylic acid groups (broad SMARTS) is 1. The maximum absolute atomic E-state index is 12.7. The molecular weight excluding hydrogens is 364 g/mol. The monoisotopic (exact) mass is 380 g/mol. The van der Waals surface area contributed by atoms with E-state index in [9.17, 15) is 23.1 Å². The lowest BCUT2D eigenvalue weighted by molar-refractivity contribution is -0.138. The zero-order valence-corrected chi connectivity index (χ0v) is 14.9. The Morgan fingerprint density at radius 2 is 2.00 bits per heavy atom. The number of thiophene rings is 1. The Bertz CT molecular complexity index is 908. The summed E-state index contributed by atoms with van der Waals surface area (Å²) >= 11 is 1.06. The number of carboxylic acids is 1. The van der Waals surface area contributed by atoms with Crippen LogP contribution in [0.25, 0.3) is 0 Å². The Labute approximate surface area is 149 Å². The van der Waals surface area contributed by atoms with Crippen molar-refractivity contribution in [1.82, 2.24) is 4.72 Å². The van der Waals surface area contributed by atoms with Crippen molar-refractivity contribution >= 4 is 38.9 Å². The van der Waals surface area contributed by atoms with Gasteiger partial charge >= 0.3 is 5.97 Å². The molecule has 2 heterocycles. The predicted molar refractivity (Wildman–Crippen MR) is 93.3 cm³/mol. The number of amides is 1. The second-order valence-corrected chi connectivity index (χ2v) is 8.56. The van der Waals surface area contributed by atoms with Gasteiger partial charge in [0.15, 0.2) is 0 Å². The van der Waals surface area contributed by atoms with Crippen LogP contribution in [0.1, 0.15) is 18.4 Å². The molecule has 0 bridgehead atoms. The molecule has 1 amide bonds. The van der Waals surface area contributed by atoms with Crippen LogP contribution in [0.3, 0.4) is 0 Å². The topological polar surface area (TPSA) is 104 Å². The Kier molecular flexibility index (Phi) is 4.63. The predicted octanol–water partition coefficient (Wildman–Crippen LogP) is 1.63. The lowest BCUT2D eigenvalue weighted by Gasteiger charge is -2.22. The number of rotatable bonds is 5. The van der Waals surface area contributed by atoms with Gasteiger partial charge in [-0.2, -0.15) is 4.72 Å². The molecule has 2 unspecified atom stereocenters. The third kappa shape index (κ3) is 3.30. The van der Waals surface area contributed by atoms with Crippen molar-refractivity contribution < 1.29 is 23.1 Å². The molecule has 0 aliphatic carbocycles. The molecule has 2 aromatic rings. The Hall–Kier alpha value is -2.23. The summed E-state index contributed by atoms with van der Waals surface area (Å²) in [5.74, 6) is -2.33. The second-order valence-electron chi connectivity index (χ2n) is 5.67. The highest BCUT2D eigenvalue weighted by molar-refractivity contribution is 7.91. The minimum Gasteiger partial charge on any atom is -0.481 e. The first-order chi connectivity index (χ1) is 11.8. The maximum Gasteiger partial charge on any atom is 0.312 e. The van der Waals surface area contributed by atoms with Gasteiger partial charge < -0.3 is 10.0 Å². The van der Waals surface area contributed by atoms with Gasteiger partial charge in [-0.1, -0.05) is 24.3 Å². The highest BCUT2D eigenvalue weighted by Gasteiger charge is 2.38. The third-order valence-corrected chi connectivity index (χ3v) is 6.93. The summed E-state index contributed by atoms with van der Waals surface area (Å²) in [6, 6.07) is 8.80. The Balaban J connectivity index is 1.83. The first-order valence-electron chi connectivity index (χ1n) is 7.50. The van der Waals surface area contributed by atoms with Gasteiger partial charge in [0.1, 0.15) is 10.1 Å². The number of carbonyl (C=O) groups excluding carboxylic acids is 1. The summed E-state index contributed by atoms with van der Waals surface area (Å²) in [5.41, 5.74) is 1.05. The van der Waals surface area contributed by atoms with Crippen molar-refractivity contribution in [3.63, 3.8) is 0 Å². The van der Waals surface area contributed by atoms with Crippen molar-refractivity contribution in [3.05, 3.63) is 47.3 Å². The smallest absolute Gasteiger partial charge is 0.312 e. The van der Waals surface area contributed by atoms with E-state index in [4.69, 9.17) is 0 Å². The molecule has 0 saturated heterocycles. The van der Waals surface area contributed by atoms with Crippen LogP contribution >= 0.6 is 11.3 Å². The minimum absolute atomic E-state index is 0.0153. The highest BCUT2D eigenvalue weighted by atomic mass is 32.2. The standard InChI is InChI=1S/C16H16N2O5S2/c1-10(17-25(22,23)14-7-4-8-24-14)15(19)18-9-12(16(20)21)11-5-2-3-6-13(11)18/h2-8,10,12,17H,9H2,1H3,(H,20,21). The molecule has 2 N–H and O–H groups in total. The number of benzene rings is 1. The molecule has 0 radical (unpaired) electrons. The van der Waals surface area contributed by atoms with Gasteiger partial charge in [0, 0.05) is 12.2 Å². The minimum atomic E-state index is -3.79. The van der Waals surface area contributed by atoms with Crippen molar-refractivity contribution in [2.24, 2.45) is 0 Å². The number of hydrogen-bond donors (Lipinski definition) is 2. The van der Waals surface area contributed by atoms with Gasteiger partial charge in [0.25, 0.3) is 10.0 Å². The van der Waals surface area contributed by atoms with Gasteiger partial charge in [0.05, 0.1) is 6.04 Å². The molecule has 0 spiro atoms. The summed E-state index contributed by atoms with van der Waals surface area (Å²) < 4.78 is 27.0. The largest absolute Gasteiger partial charge is 0.481 e. The number of anilines is 1. The molecule has 1 aromatic heterocycles. The molecule has 1 aromatic carbocycles. The number of nitrogens with one attached hydrogen (secondary N) is 1. The molecular formula is C16H16N2O5S2. The van der Waals surface area contributed by atoms with Crippen LogP contribution in [0.4, 0.5) is 5.69 Å². The number of aliphatic carboxylic acids is 1. The average Bonchev–Trinajstić information content (AvgIpc) is 3.22. The van der Waals surface area contributed by atoms with Crippen LogP contribution in [-0.4, -0.2) is 38.0 Å². The van der Waals surface area contributed by atoms with Gasteiger partial charge in [-0.05, 0) is 30.0 Å². The lowest BCUT2D eigenvalue weighted by Crippen LogP contribution is -2.46. The van der Waals surface area contributed by atoms with E-state index in [1.807, 2.05) is 0 Å². The van der Waals surface area contributed by atoms with E-state index in [2.05, 4.69) is 4.72 Å². The Morgan fingerprint density at radius 3 is 2.64 bits per heavy atom. The fourth-order valence-corrected chi connectivity index (χ4v) is 5.02. The SMILES string of the molecule is CC(NS(=O)(=O)c1cccs1)C(=O)N1CC(C(=O)O)c2ccccc21. The van der Waals surface area contributed by atoms with Crippen molar-refractivity contribution in [3.8, 4) is 0 Å². The summed E-state index contributed by atoms with van der Waals surface area (Å²) in [6.07, 6.45) is 0. The van der Waals surface area contributed by atoms with E-state index in [1.54, 1.807) is 35.7 Å².